The van der Waals surface area contributed by atoms with E-state index in [1.807, 2.05) is 17.9 Å². The first-order valence-corrected chi connectivity index (χ1v) is 7.65. The second-order valence-corrected chi connectivity index (χ2v) is 6.40. The first-order valence-electron chi connectivity index (χ1n) is 7.65. The molecule has 5 heteroatoms. The molecular formula is C16H26N4O. The van der Waals surface area contributed by atoms with Gasteiger partial charge in [-0.25, -0.2) is 0 Å². The maximum absolute atomic E-state index is 12.7. The summed E-state index contributed by atoms with van der Waals surface area (Å²) in [5, 5.41) is 3.23. The molecule has 5 nitrogen and oxygen atoms in total. The van der Waals surface area contributed by atoms with Gasteiger partial charge in [-0.1, -0.05) is 0 Å². The molecule has 1 fully saturated rings. The second-order valence-electron chi connectivity index (χ2n) is 6.40. The second kappa shape index (κ2) is 6.43. The van der Waals surface area contributed by atoms with Gasteiger partial charge in [0.1, 0.15) is 0 Å². The lowest BCUT2D eigenvalue weighted by Gasteiger charge is -2.42. The van der Waals surface area contributed by atoms with Crippen LogP contribution in [-0.2, 0) is 0 Å². The number of pyridine rings is 1. The molecule has 1 aliphatic heterocycles. The van der Waals surface area contributed by atoms with Crippen LogP contribution in [-0.4, -0.2) is 59.0 Å². The number of carbonyl (C=O) groups excluding carboxylic acids is 1. The van der Waals surface area contributed by atoms with Gasteiger partial charge in [0.05, 0.1) is 11.3 Å². The Morgan fingerprint density at radius 3 is 2.52 bits per heavy atom. The van der Waals surface area contributed by atoms with Crippen molar-refractivity contribution in [3.05, 3.63) is 24.0 Å². The highest BCUT2D eigenvalue weighted by Gasteiger charge is 2.28. The molecule has 0 saturated carbocycles. The van der Waals surface area contributed by atoms with Crippen molar-refractivity contribution < 1.29 is 4.79 Å². The third kappa shape index (κ3) is 3.73. The van der Waals surface area contributed by atoms with E-state index in [4.69, 9.17) is 0 Å². The number of aromatic nitrogens is 1. The number of anilines is 1. The molecule has 0 aromatic carbocycles. The molecule has 0 atom stereocenters. The topological polar surface area (TPSA) is 48.5 Å². The van der Waals surface area contributed by atoms with Crippen LogP contribution in [0.5, 0.6) is 0 Å². The highest BCUT2D eigenvalue weighted by molar-refractivity contribution is 5.99. The van der Waals surface area contributed by atoms with E-state index in [0.29, 0.717) is 5.56 Å². The van der Waals surface area contributed by atoms with Crippen molar-refractivity contribution in [2.24, 2.45) is 0 Å². The maximum Gasteiger partial charge on any atom is 0.257 e. The Morgan fingerprint density at radius 1 is 1.29 bits per heavy atom. The third-order valence-corrected chi connectivity index (χ3v) is 3.93. The number of hydrogen-bond acceptors (Lipinski definition) is 4. The van der Waals surface area contributed by atoms with Gasteiger partial charge in [-0.05, 0) is 33.8 Å². The highest BCUT2D eigenvalue weighted by Crippen LogP contribution is 2.20. The van der Waals surface area contributed by atoms with E-state index in [-0.39, 0.29) is 11.4 Å². The molecule has 0 aliphatic carbocycles. The molecule has 21 heavy (non-hydrogen) atoms. The van der Waals surface area contributed by atoms with Crippen LogP contribution in [0, 0.1) is 0 Å². The fourth-order valence-electron chi connectivity index (χ4n) is 2.66. The van der Waals surface area contributed by atoms with Crippen LogP contribution in [0.4, 0.5) is 5.69 Å². The van der Waals surface area contributed by atoms with E-state index >= 15 is 0 Å². The highest BCUT2D eigenvalue weighted by atomic mass is 16.2. The van der Waals surface area contributed by atoms with E-state index in [0.717, 1.165) is 38.4 Å². The van der Waals surface area contributed by atoms with Crippen molar-refractivity contribution in [1.29, 1.82) is 0 Å². The summed E-state index contributed by atoms with van der Waals surface area (Å²) < 4.78 is 0. The van der Waals surface area contributed by atoms with Gasteiger partial charge >= 0.3 is 0 Å². The summed E-state index contributed by atoms with van der Waals surface area (Å²) in [6, 6.07) is 1.86. The van der Waals surface area contributed by atoms with Crippen molar-refractivity contribution in [2.75, 3.05) is 38.0 Å². The van der Waals surface area contributed by atoms with Crippen LogP contribution in [0.2, 0.25) is 0 Å². The van der Waals surface area contributed by atoms with E-state index in [1.165, 1.54) is 0 Å². The van der Waals surface area contributed by atoms with Crippen molar-refractivity contribution >= 4 is 11.6 Å². The Labute approximate surface area is 127 Å². The first kappa shape index (κ1) is 15.8. The van der Waals surface area contributed by atoms with Gasteiger partial charge in [0.25, 0.3) is 5.91 Å². The van der Waals surface area contributed by atoms with Crippen molar-refractivity contribution in [1.82, 2.24) is 14.8 Å². The zero-order chi connectivity index (χ0) is 15.5. The fraction of sp³-hybridized carbons (Fsp3) is 0.625. The van der Waals surface area contributed by atoms with E-state index < -0.39 is 0 Å². The molecule has 1 amide bonds. The summed E-state index contributed by atoms with van der Waals surface area (Å²) >= 11 is 0. The zero-order valence-electron chi connectivity index (χ0n) is 13.5. The number of amides is 1. The summed E-state index contributed by atoms with van der Waals surface area (Å²) in [4.78, 5) is 21.1. The Morgan fingerprint density at radius 2 is 1.95 bits per heavy atom. The van der Waals surface area contributed by atoms with Crippen LogP contribution >= 0.6 is 0 Å². The Bertz CT molecular complexity index is 487. The minimum absolute atomic E-state index is 0.0765. The number of rotatable bonds is 3. The lowest BCUT2D eigenvalue weighted by Crippen LogP contribution is -2.54. The summed E-state index contributed by atoms with van der Waals surface area (Å²) in [5.74, 6) is 0.0765. The lowest BCUT2D eigenvalue weighted by atomic mass is 10.0. The number of piperazine rings is 1. The van der Waals surface area contributed by atoms with E-state index in [9.17, 15) is 4.79 Å². The summed E-state index contributed by atoms with van der Waals surface area (Å²) in [7, 11) is 0. The number of carbonyl (C=O) groups is 1. The monoisotopic (exact) mass is 290 g/mol. The molecule has 1 aromatic heterocycles. The van der Waals surface area contributed by atoms with Gasteiger partial charge < -0.3 is 10.2 Å². The first-order chi connectivity index (χ1) is 9.93. The molecule has 0 radical (unpaired) electrons. The number of nitrogens with zero attached hydrogens (tertiary/aromatic N) is 3. The van der Waals surface area contributed by atoms with Crippen molar-refractivity contribution in [3.63, 3.8) is 0 Å². The predicted octanol–water partition coefficient (Wildman–Crippen LogP) is 2.07. The number of nitrogens with one attached hydrogen (secondary N) is 1. The molecule has 0 spiro atoms. The molecule has 0 unspecified atom stereocenters. The lowest BCUT2D eigenvalue weighted by molar-refractivity contribution is 0.0451. The fourth-order valence-corrected chi connectivity index (χ4v) is 2.66. The SMILES string of the molecule is CCNc1ccncc1C(=O)N1CCN(C(C)(C)C)CC1. The van der Waals surface area contributed by atoms with E-state index in [2.05, 4.69) is 36.0 Å². The average molecular weight is 290 g/mol. The predicted molar refractivity (Wildman–Crippen MR) is 85.6 cm³/mol. The van der Waals surface area contributed by atoms with Gasteiger partial charge in [0, 0.05) is 50.7 Å². The van der Waals surface area contributed by atoms with Crippen molar-refractivity contribution in [3.8, 4) is 0 Å². The average Bonchev–Trinajstić information content (AvgIpc) is 2.47. The van der Waals surface area contributed by atoms with Gasteiger partial charge in [-0.3, -0.25) is 14.7 Å². The molecule has 116 valence electrons. The molecular weight excluding hydrogens is 264 g/mol. The smallest absolute Gasteiger partial charge is 0.257 e. The third-order valence-electron chi connectivity index (χ3n) is 3.93. The quantitative estimate of drug-likeness (QED) is 0.926. The normalized spacial score (nSPS) is 16.9. The Hall–Kier alpha value is -1.62. The number of hydrogen-bond donors (Lipinski definition) is 1. The molecule has 1 N–H and O–H groups in total. The van der Waals surface area contributed by atoms with Crippen LogP contribution in [0.3, 0.4) is 0 Å². The standard InChI is InChI=1S/C16H26N4O/c1-5-18-14-6-7-17-12-13(14)15(21)19-8-10-20(11-9-19)16(2,3)4/h6-7,12H,5,8-11H2,1-4H3,(H,17,18). The van der Waals surface area contributed by atoms with E-state index in [1.54, 1.807) is 12.4 Å². The molecule has 1 aromatic rings. The van der Waals surface area contributed by atoms with Gasteiger partial charge in [0.2, 0.25) is 0 Å². The van der Waals surface area contributed by atoms with Crippen LogP contribution in [0.25, 0.3) is 0 Å². The molecule has 2 heterocycles. The van der Waals surface area contributed by atoms with Crippen LogP contribution in [0.1, 0.15) is 38.1 Å². The van der Waals surface area contributed by atoms with Gasteiger partial charge in [-0.2, -0.15) is 0 Å². The minimum atomic E-state index is 0.0765. The van der Waals surface area contributed by atoms with Gasteiger partial charge in [0.15, 0.2) is 0 Å². The maximum atomic E-state index is 12.7. The van der Waals surface area contributed by atoms with Crippen LogP contribution in [0.15, 0.2) is 18.5 Å². The largest absolute Gasteiger partial charge is 0.385 e. The molecule has 0 bridgehead atoms. The summed E-state index contributed by atoms with van der Waals surface area (Å²) in [6.45, 7) is 12.9. The summed E-state index contributed by atoms with van der Waals surface area (Å²) in [6.07, 6.45) is 3.38. The Kier molecular flexibility index (Phi) is 4.83. The van der Waals surface area contributed by atoms with Crippen molar-refractivity contribution in [2.45, 2.75) is 33.2 Å². The molecule has 2 rings (SSSR count). The van der Waals surface area contributed by atoms with Gasteiger partial charge in [-0.15, -0.1) is 0 Å². The molecule has 1 aliphatic rings. The zero-order valence-corrected chi connectivity index (χ0v) is 13.5. The Balaban J connectivity index is 2.06. The molecule has 1 saturated heterocycles. The van der Waals surface area contributed by atoms with Crippen LogP contribution < -0.4 is 5.32 Å². The summed E-state index contributed by atoms with van der Waals surface area (Å²) in [5.41, 5.74) is 1.71. The minimum Gasteiger partial charge on any atom is -0.385 e.